The Hall–Kier alpha value is -2.73. The summed E-state index contributed by atoms with van der Waals surface area (Å²) in [6, 6.07) is 12.8. The smallest absolute Gasteiger partial charge is 0.186 e. The maximum atomic E-state index is 5.00. The second-order valence-corrected chi connectivity index (χ2v) is 9.42. The number of aryl methyl sites for hydroxylation is 3. The second-order valence-electron chi connectivity index (χ2n) is 8.45. The second kappa shape index (κ2) is 9.41. The van der Waals surface area contributed by atoms with E-state index in [0.29, 0.717) is 5.92 Å². The molecule has 4 rings (SSSR count). The van der Waals surface area contributed by atoms with E-state index in [9.17, 15) is 0 Å². The van der Waals surface area contributed by atoms with Gasteiger partial charge in [-0.15, -0.1) is 0 Å². The molecule has 5 nitrogen and oxygen atoms in total. The third-order valence-electron chi connectivity index (χ3n) is 6.20. The van der Waals surface area contributed by atoms with E-state index in [0.717, 1.165) is 64.4 Å². The molecule has 0 saturated carbocycles. The highest BCUT2D eigenvalue weighted by atomic mass is 32.1. The molecule has 168 valence electrons. The quantitative estimate of drug-likeness (QED) is 0.301. The Bertz CT molecular complexity index is 1200. The Morgan fingerprint density at radius 2 is 1.69 bits per heavy atom. The van der Waals surface area contributed by atoms with Crippen molar-refractivity contribution < 1.29 is 0 Å². The van der Waals surface area contributed by atoms with Gasteiger partial charge in [0.05, 0.1) is 22.0 Å². The molecule has 1 aromatic carbocycles. The number of hydrogen-bond acceptors (Lipinski definition) is 5. The van der Waals surface area contributed by atoms with Crippen molar-refractivity contribution in [1.82, 2.24) is 19.6 Å². The van der Waals surface area contributed by atoms with Crippen LogP contribution in [0.3, 0.4) is 0 Å². The number of anilines is 1. The summed E-state index contributed by atoms with van der Waals surface area (Å²) >= 11 is 1.74. The van der Waals surface area contributed by atoms with Gasteiger partial charge in [-0.2, -0.15) is 5.10 Å². The molecule has 3 aromatic heterocycles. The number of aromatic nitrogens is 4. The van der Waals surface area contributed by atoms with E-state index in [1.54, 1.807) is 11.3 Å². The molecule has 0 N–H and O–H groups in total. The van der Waals surface area contributed by atoms with Crippen LogP contribution >= 0.6 is 11.3 Å². The molecule has 0 bridgehead atoms. The summed E-state index contributed by atoms with van der Waals surface area (Å²) in [5, 5.41) is 5.93. The van der Waals surface area contributed by atoms with Gasteiger partial charge in [-0.3, -0.25) is 0 Å². The summed E-state index contributed by atoms with van der Waals surface area (Å²) in [5.74, 6) is 0.494. The molecule has 32 heavy (non-hydrogen) atoms. The summed E-state index contributed by atoms with van der Waals surface area (Å²) in [4.78, 5) is 13.5. The molecule has 0 atom stereocenters. The van der Waals surface area contributed by atoms with E-state index in [2.05, 4.69) is 87.4 Å². The van der Waals surface area contributed by atoms with Crippen LogP contribution in [0.25, 0.3) is 16.2 Å². The monoisotopic (exact) mass is 447 g/mol. The lowest BCUT2D eigenvalue weighted by Gasteiger charge is -2.19. The van der Waals surface area contributed by atoms with Crippen LogP contribution in [0.5, 0.6) is 0 Å². The van der Waals surface area contributed by atoms with Crippen molar-refractivity contribution in [3.8, 4) is 10.6 Å². The van der Waals surface area contributed by atoms with Gasteiger partial charge in [0.1, 0.15) is 5.69 Å². The van der Waals surface area contributed by atoms with Crippen LogP contribution in [0.1, 0.15) is 67.7 Å². The number of rotatable bonds is 8. The minimum absolute atomic E-state index is 0.494. The Morgan fingerprint density at radius 3 is 2.34 bits per heavy atom. The van der Waals surface area contributed by atoms with E-state index >= 15 is 0 Å². The van der Waals surface area contributed by atoms with Crippen molar-refractivity contribution in [2.45, 2.75) is 66.8 Å². The standard InChI is InChI=1S/C26H33N5S/c1-7-21(8-2)22-15-17(4)29-31-23(18(5)27-25(22)31)24-19(6)28-26(32-24)30(9-3)16-20-13-11-10-12-14-20/h10-15,21H,7-9,16H2,1-6H3. The third-order valence-corrected chi connectivity index (χ3v) is 7.43. The first kappa shape index (κ1) is 22.5. The number of imidazole rings is 1. The van der Waals surface area contributed by atoms with Gasteiger partial charge < -0.3 is 4.90 Å². The van der Waals surface area contributed by atoms with Crippen LogP contribution < -0.4 is 4.90 Å². The Kier molecular flexibility index (Phi) is 6.60. The van der Waals surface area contributed by atoms with Crippen molar-refractivity contribution in [3.63, 3.8) is 0 Å². The van der Waals surface area contributed by atoms with Crippen LogP contribution in [0, 0.1) is 20.8 Å². The van der Waals surface area contributed by atoms with Crippen LogP contribution in [0.15, 0.2) is 36.4 Å². The number of fused-ring (bicyclic) bond motifs is 1. The molecular formula is C26H33N5S. The predicted octanol–water partition coefficient (Wildman–Crippen LogP) is 6.71. The SMILES string of the molecule is CCC(CC)c1cc(C)nn2c(-c3sc(N(CC)Cc4ccccc4)nc3C)c(C)nc12. The molecule has 0 fully saturated rings. The Labute approximate surface area is 195 Å². The molecule has 6 heteroatoms. The minimum Gasteiger partial charge on any atom is -0.344 e. The van der Waals surface area contributed by atoms with Gasteiger partial charge >= 0.3 is 0 Å². The van der Waals surface area contributed by atoms with Crippen molar-refractivity contribution in [3.05, 3.63) is 64.6 Å². The van der Waals surface area contributed by atoms with Crippen LogP contribution in [-0.2, 0) is 6.54 Å². The van der Waals surface area contributed by atoms with E-state index in [1.807, 2.05) is 0 Å². The zero-order valence-corrected chi connectivity index (χ0v) is 20.8. The molecular weight excluding hydrogens is 414 g/mol. The summed E-state index contributed by atoms with van der Waals surface area (Å²) in [7, 11) is 0. The number of hydrogen-bond donors (Lipinski definition) is 0. The average molecular weight is 448 g/mol. The minimum atomic E-state index is 0.494. The molecule has 0 aliphatic rings. The number of thiazole rings is 1. The Morgan fingerprint density at radius 1 is 0.969 bits per heavy atom. The summed E-state index contributed by atoms with van der Waals surface area (Å²) in [6.07, 6.45) is 2.21. The van der Waals surface area contributed by atoms with Gasteiger partial charge in [-0.25, -0.2) is 14.5 Å². The molecule has 0 aliphatic heterocycles. The lowest BCUT2D eigenvalue weighted by molar-refractivity contribution is 0.638. The van der Waals surface area contributed by atoms with Gasteiger partial charge in [0, 0.05) is 18.7 Å². The highest BCUT2D eigenvalue weighted by Gasteiger charge is 2.23. The van der Waals surface area contributed by atoms with Crippen molar-refractivity contribution in [2.24, 2.45) is 0 Å². The normalized spacial score (nSPS) is 11.6. The molecule has 4 aromatic rings. The first-order valence-corrected chi connectivity index (χ1v) is 12.4. The average Bonchev–Trinajstić information content (AvgIpc) is 3.32. The number of nitrogens with zero attached hydrogens (tertiary/aromatic N) is 5. The summed E-state index contributed by atoms with van der Waals surface area (Å²) in [6.45, 7) is 14.7. The molecule has 0 radical (unpaired) electrons. The predicted molar refractivity (Wildman–Crippen MR) is 135 cm³/mol. The maximum absolute atomic E-state index is 5.00. The zero-order chi connectivity index (χ0) is 22.8. The van der Waals surface area contributed by atoms with Gasteiger partial charge in [-0.1, -0.05) is 55.5 Å². The summed E-state index contributed by atoms with van der Waals surface area (Å²) in [5.41, 5.74) is 7.74. The largest absolute Gasteiger partial charge is 0.344 e. The van der Waals surface area contributed by atoms with Crippen LogP contribution in [-0.4, -0.2) is 26.1 Å². The lowest BCUT2D eigenvalue weighted by atomic mass is 9.95. The molecule has 0 aliphatic carbocycles. The lowest BCUT2D eigenvalue weighted by Crippen LogP contribution is -2.21. The molecule has 0 spiro atoms. The third kappa shape index (κ3) is 4.16. The first-order valence-electron chi connectivity index (χ1n) is 11.6. The molecule has 0 unspecified atom stereocenters. The first-order chi connectivity index (χ1) is 15.5. The van der Waals surface area contributed by atoms with Crippen LogP contribution in [0.4, 0.5) is 5.13 Å². The van der Waals surface area contributed by atoms with Crippen molar-refractivity contribution in [2.75, 3.05) is 11.4 Å². The van der Waals surface area contributed by atoms with E-state index in [-0.39, 0.29) is 0 Å². The van der Waals surface area contributed by atoms with E-state index in [4.69, 9.17) is 15.1 Å². The molecule has 3 heterocycles. The van der Waals surface area contributed by atoms with E-state index < -0.39 is 0 Å². The fraction of sp³-hybridized carbons (Fsp3) is 0.423. The van der Waals surface area contributed by atoms with Crippen LogP contribution in [0.2, 0.25) is 0 Å². The number of benzene rings is 1. The fourth-order valence-corrected chi connectivity index (χ4v) is 5.64. The van der Waals surface area contributed by atoms with Crippen molar-refractivity contribution >= 4 is 22.1 Å². The van der Waals surface area contributed by atoms with Gasteiger partial charge in [-0.05, 0) is 58.1 Å². The summed E-state index contributed by atoms with van der Waals surface area (Å²) < 4.78 is 2.07. The van der Waals surface area contributed by atoms with Gasteiger partial charge in [0.2, 0.25) is 0 Å². The highest BCUT2D eigenvalue weighted by molar-refractivity contribution is 7.19. The highest BCUT2D eigenvalue weighted by Crippen LogP contribution is 2.38. The molecule has 0 saturated heterocycles. The van der Waals surface area contributed by atoms with Gasteiger partial charge in [0.15, 0.2) is 10.8 Å². The fourth-order valence-electron chi connectivity index (χ4n) is 4.42. The molecule has 0 amide bonds. The zero-order valence-electron chi connectivity index (χ0n) is 20.0. The topological polar surface area (TPSA) is 46.3 Å². The Balaban J connectivity index is 1.80. The van der Waals surface area contributed by atoms with Gasteiger partial charge in [0.25, 0.3) is 0 Å². The maximum Gasteiger partial charge on any atom is 0.186 e. The van der Waals surface area contributed by atoms with Crippen molar-refractivity contribution in [1.29, 1.82) is 0 Å². The van der Waals surface area contributed by atoms with E-state index in [1.165, 1.54) is 11.1 Å².